The lowest BCUT2D eigenvalue weighted by molar-refractivity contribution is 0.370. The zero-order valence-corrected chi connectivity index (χ0v) is 9.30. The van der Waals surface area contributed by atoms with Gasteiger partial charge in [0.25, 0.3) is 0 Å². The van der Waals surface area contributed by atoms with E-state index < -0.39 is 0 Å². The Balaban J connectivity index is 3.49. The van der Waals surface area contributed by atoms with E-state index in [0.29, 0.717) is 17.1 Å². The number of aryl methyl sites for hydroxylation is 1. The van der Waals surface area contributed by atoms with Gasteiger partial charge in [-0.15, -0.1) is 0 Å². The topological polar surface area (TPSA) is 39.4 Å². The molecule has 3 nitrogen and oxygen atoms in total. The van der Waals surface area contributed by atoms with Crippen LogP contribution >= 0.6 is 0 Å². The Labute approximate surface area is 83.7 Å². The second kappa shape index (κ2) is 3.48. The summed E-state index contributed by atoms with van der Waals surface area (Å²) in [6, 6.07) is 1.74. The highest BCUT2D eigenvalue weighted by Gasteiger charge is 2.24. The van der Waals surface area contributed by atoms with Gasteiger partial charge in [-0.2, -0.15) is 0 Å². The van der Waals surface area contributed by atoms with Crippen molar-refractivity contribution in [1.29, 1.82) is 0 Å². The molecule has 3 heteroatoms. The van der Waals surface area contributed by atoms with Gasteiger partial charge in [-0.05, 0) is 12.3 Å². The first-order valence-corrected chi connectivity index (χ1v) is 4.55. The average Bonchev–Trinajstić information content (AvgIpc) is 1.99. The monoisotopic (exact) mass is 196 g/mol. The summed E-state index contributed by atoms with van der Waals surface area (Å²) in [4.78, 5) is 11.6. The molecule has 0 spiro atoms. The Kier molecular flexibility index (Phi) is 2.69. The van der Waals surface area contributed by atoms with Crippen LogP contribution < -0.4 is 10.4 Å². The molecule has 0 N–H and O–H groups in total. The molecule has 0 saturated carbocycles. The third kappa shape index (κ3) is 1.97. The van der Waals surface area contributed by atoms with Crippen molar-refractivity contribution >= 4 is 0 Å². The lowest BCUT2D eigenvalue weighted by Gasteiger charge is -2.19. The van der Waals surface area contributed by atoms with Crippen LogP contribution in [0.4, 0.5) is 0 Å². The molecule has 14 heavy (non-hydrogen) atoms. The van der Waals surface area contributed by atoms with Crippen molar-refractivity contribution in [3.8, 4) is 5.75 Å². The van der Waals surface area contributed by atoms with Gasteiger partial charge in [0.15, 0.2) is 0 Å². The Morgan fingerprint density at radius 3 is 2.36 bits per heavy atom. The molecular weight excluding hydrogens is 180 g/mol. The van der Waals surface area contributed by atoms with Crippen LogP contribution in [0.15, 0.2) is 15.3 Å². The molecule has 1 rings (SSSR count). The molecule has 0 aromatic carbocycles. The molecule has 78 valence electrons. The van der Waals surface area contributed by atoms with Crippen LogP contribution in [0.1, 0.15) is 32.1 Å². The van der Waals surface area contributed by atoms with Crippen LogP contribution in [-0.4, -0.2) is 7.11 Å². The Morgan fingerprint density at radius 1 is 1.36 bits per heavy atom. The molecule has 0 fully saturated rings. The normalized spacial score (nSPS) is 11.5. The predicted octanol–water partition coefficient (Wildman–Crippen LogP) is 2.25. The molecule has 1 aromatic rings. The minimum absolute atomic E-state index is 0.264. The van der Waals surface area contributed by atoms with E-state index in [-0.39, 0.29) is 11.0 Å². The summed E-state index contributed by atoms with van der Waals surface area (Å²) >= 11 is 0. The number of hydrogen-bond donors (Lipinski definition) is 0. The van der Waals surface area contributed by atoms with Crippen LogP contribution in [0.5, 0.6) is 5.75 Å². The first kappa shape index (κ1) is 10.8. The lowest BCUT2D eigenvalue weighted by Crippen LogP contribution is -2.23. The quantitative estimate of drug-likeness (QED) is 0.691. The zero-order chi connectivity index (χ0) is 10.9. The molecule has 0 saturated heterocycles. The molecule has 0 aliphatic heterocycles. The second-order valence-electron chi connectivity index (χ2n) is 4.34. The van der Waals surface area contributed by atoms with Crippen LogP contribution in [0.25, 0.3) is 0 Å². The van der Waals surface area contributed by atoms with Crippen LogP contribution in [0, 0.1) is 6.92 Å². The summed E-state index contributed by atoms with van der Waals surface area (Å²) in [5.74, 6) is 1.17. The fourth-order valence-electron chi connectivity index (χ4n) is 1.42. The summed E-state index contributed by atoms with van der Waals surface area (Å²) < 4.78 is 10.2. The number of hydrogen-bond acceptors (Lipinski definition) is 3. The van der Waals surface area contributed by atoms with E-state index in [9.17, 15) is 4.79 Å². The maximum Gasteiger partial charge on any atom is 0.343 e. The maximum atomic E-state index is 11.6. The Hall–Kier alpha value is -1.25. The van der Waals surface area contributed by atoms with Crippen LogP contribution in [0.3, 0.4) is 0 Å². The third-order valence-corrected chi connectivity index (χ3v) is 2.01. The summed E-state index contributed by atoms with van der Waals surface area (Å²) in [6.07, 6.45) is 0. The predicted molar refractivity (Wildman–Crippen MR) is 55.0 cm³/mol. The molecule has 0 bridgehead atoms. The number of methoxy groups -OCH3 is 1. The van der Waals surface area contributed by atoms with Gasteiger partial charge in [0.2, 0.25) is 0 Å². The number of rotatable bonds is 1. The van der Waals surface area contributed by atoms with Crippen molar-refractivity contribution in [2.75, 3.05) is 7.11 Å². The highest BCUT2D eigenvalue weighted by Crippen LogP contribution is 2.28. The van der Waals surface area contributed by atoms with Gasteiger partial charge in [-0.3, -0.25) is 0 Å². The molecule has 1 heterocycles. The van der Waals surface area contributed by atoms with Gasteiger partial charge in [0.1, 0.15) is 11.5 Å². The van der Waals surface area contributed by atoms with Crippen LogP contribution in [-0.2, 0) is 5.41 Å². The van der Waals surface area contributed by atoms with Crippen molar-refractivity contribution in [2.45, 2.75) is 33.1 Å². The average molecular weight is 196 g/mol. The minimum atomic E-state index is -0.311. The Bertz CT molecular complexity index is 382. The van der Waals surface area contributed by atoms with E-state index in [2.05, 4.69) is 0 Å². The molecule has 0 unspecified atom stereocenters. The van der Waals surface area contributed by atoms with E-state index in [1.807, 2.05) is 20.8 Å². The van der Waals surface area contributed by atoms with Crippen molar-refractivity contribution in [3.63, 3.8) is 0 Å². The Morgan fingerprint density at radius 2 is 1.93 bits per heavy atom. The van der Waals surface area contributed by atoms with Gasteiger partial charge in [0.05, 0.1) is 12.7 Å². The first-order chi connectivity index (χ1) is 6.36. The summed E-state index contributed by atoms with van der Waals surface area (Å²) in [5.41, 5.74) is 0.0135. The fourth-order valence-corrected chi connectivity index (χ4v) is 1.42. The van der Waals surface area contributed by atoms with E-state index in [1.54, 1.807) is 20.1 Å². The maximum absolute atomic E-state index is 11.6. The summed E-state index contributed by atoms with van der Waals surface area (Å²) in [6.45, 7) is 7.60. The smallest absolute Gasteiger partial charge is 0.343 e. The number of ether oxygens (including phenoxy) is 1. The largest absolute Gasteiger partial charge is 0.496 e. The summed E-state index contributed by atoms with van der Waals surface area (Å²) in [7, 11) is 1.56. The van der Waals surface area contributed by atoms with Gasteiger partial charge in [-0.25, -0.2) is 4.79 Å². The molecule has 0 atom stereocenters. The van der Waals surface area contributed by atoms with Gasteiger partial charge in [-0.1, -0.05) is 20.8 Å². The minimum Gasteiger partial charge on any atom is -0.496 e. The van der Waals surface area contributed by atoms with Crippen LogP contribution in [0.2, 0.25) is 0 Å². The zero-order valence-electron chi connectivity index (χ0n) is 9.30. The fraction of sp³-hybridized carbons (Fsp3) is 0.545. The highest BCUT2D eigenvalue weighted by molar-refractivity contribution is 5.36. The van der Waals surface area contributed by atoms with Gasteiger partial charge >= 0.3 is 5.63 Å². The summed E-state index contributed by atoms with van der Waals surface area (Å²) in [5, 5.41) is 0. The van der Waals surface area contributed by atoms with Crippen molar-refractivity contribution in [2.24, 2.45) is 0 Å². The molecule has 1 aromatic heterocycles. The molecule has 0 aliphatic rings. The molecule has 0 amide bonds. The molecule has 0 radical (unpaired) electrons. The SMILES string of the molecule is COc1cc(C)oc(=O)c1C(C)(C)C. The van der Waals surface area contributed by atoms with Crippen molar-refractivity contribution < 1.29 is 9.15 Å². The highest BCUT2D eigenvalue weighted by atomic mass is 16.5. The van der Waals surface area contributed by atoms with Gasteiger partial charge in [0, 0.05) is 6.07 Å². The van der Waals surface area contributed by atoms with E-state index in [0.717, 1.165) is 0 Å². The van der Waals surface area contributed by atoms with E-state index in [4.69, 9.17) is 9.15 Å². The second-order valence-corrected chi connectivity index (χ2v) is 4.34. The van der Waals surface area contributed by atoms with Gasteiger partial charge < -0.3 is 9.15 Å². The molecular formula is C11H16O3. The van der Waals surface area contributed by atoms with Crippen molar-refractivity contribution in [3.05, 3.63) is 27.8 Å². The molecule has 0 aliphatic carbocycles. The lowest BCUT2D eigenvalue weighted by atomic mass is 9.87. The third-order valence-electron chi connectivity index (χ3n) is 2.01. The van der Waals surface area contributed by atoms with Crippen molar-refractivity contribution in [1.82, 2.24) is 0 Å². The standard InChI is InChI=1S/C11H16O3/c1-7-6-8(13-5)9(10(12)14-7)11(2,3)4/h6H,1-5H3. The van der Waals surface area contributed by atoms with E-state index in [1.165, 1.54) is 0 Å². The van der Waals surface area contributed by atoms with E-state index >= 15 is 0 Å². The first-order valence-electron chi connectivity index (χ1n) is 4.55.